The minimum Gasteiger partial charge on any atom is -0.457 e. The van der Waals surface area contributed by atoms with Crippen molar-refractivity contribution in [2.45, 2.75) is 110 Å². The van der Waals surface area contributed by atoms with Crippen LogP contribution < -0.4 is 0 Å². The lowest BCUT2D eigenvalue weighted by Crippen LogP contribution is -2.71. The van der Waals surface area contributed by atoms with Gasteiger partial charge < -0.3 is 14.6 Å². The van der Waals surface area contributed by atoms with Gasteiger partial charge in [-0.1, -0.05) is 46.6 Å². The third-order valence-corrected chi connectivity index (χ3v) is 10.6. The van der Waals surface area contributed by atoms with Gasteiger partial charge in [0, 0.05) is 41.1 Å². The zero-order valence-corrected chi connectivity index (χ0v) is 24.4. The molecule has 3 fully saturated rings. The lowest BCUT2D eigenvalue weighted by Gasteiger charge is -2.63. The van der Waals surface area contributed by atoms with Crippen LogP contribution in [0, 0.1) is 28.6 Å². The number of hydrogen-bond donors (Lipinski definition) is 1. The average Bonchev–Trinajstić information content (AvgIpc) is 3.13. The first-order chi connectivity index (χ1) is 19.1. The molecule has 0 aromatic heterocycles. The average molecular weight is 583 g/mol. The van der Waals surface area contributed by atoms with Gasteiger partial charge in [-0.2, -0.15) is 0 Å². The molecular formula is C31H41F3O7. The van der Waals surface area contributed by atoms with Crippen LogP contribution in [0.25, 0.3) is 0 Å². The predicted molar refractivity (Wildman–Crippen MR) is 142 cm³/mol. The van der Waals surface area contributed by atoms with E-state index in [1.165, 1.54) is 6.92 Å². The fourth-order valence-electron chi connectivity index (χ4n) is 8.58. The van der Waals surface area contributed by atoms with E-state index in [1.54, 1.807) is 20.8 Å². The van der Waals surface area contributed by atoms with E-state index < -0.39 is 100 Å². The smallest absolute Gasteiger partial charge is 0.306 e. The number of carbonyl (C=O) groups is 4. The van der Waals surface area contributed by atoms with E-state index in [9.17, 15) is 28.7 Å². The van der Waals surface area contributed by atoms with Gasteiger partial charge in [-0.25, -0.2) is 13.2 Å². The molecule has 0 aliphatic heterocycles. The summed E-state index contributed by atoms with van der Waals surface area (Å²) in [5.74, 6) is -6.96. The van der Waals surface area contributed by atoms with Gasteiger partial charge >= 0.3 is 11.9 Å². The van der Waals surface area contributed by atoms with Crippen molar-refractivity contribution in [3.05, 3.63) is 23.6 Å². The van der Waals surface area contributed by atoms with Gasteiger partial charge in [0.15, 0.2) is 23.7 Å². The number of fused-ring (bicyclic) bond motifs is 5. The fourth-order valence-corrected chi connectivity index (χ4v) is 8.58. The maximum atomic E-state index is 17.5. The second kappa shape index (κ2) is 11.0. The van der Waals surface area contributed by atoms with Gasteiger partial charge in [0.25, 0.3) is 0 Å². The van der Waals surface area contributed by atoms with Crippen molar-refractivity contribution >= 4 is 23.5 Å². The van der Waals surface area contributed by atoms with Crippen LogP contribution in [0.3, 0.4) is 0 Å². The van der Waals surface area contributed by atoms with Crippen molar-refractivity contribution in [2.24, 2.45) is 28.6 Å². The Morgan fingerprint density at radius 2 is 1.78 bits per heavy atom. The summed E-state index contributed by atoms with van der Waals surface area (Å²) < 4.78 is 59.4. The predicted octanol–water partition coefficient (Wildman–Crippen LogP) is 5.23. The summed E-state index contributed by atoms with van der Waals surface area (Å²) in [6.07, 6.45) is -0.136. The monoisotopic (exact) mass is 582 g/mol. The molecule has 0 aromatic carbocycles. The molecule has 9 atom stereocenters. The lowest BCUT2D eigenvalue weighted by atomic mass is 9.44. The van der Waals surface area contributed by atoms with Crippen molar-refractivity contribution in [1.29, 1.82) is 0 Å². The number of carbonyl (C=O) groups excluding carboxylic acids is 4. The quantitative estimate of drug-likeness (QED) is 0.293. The number of aliphatic hydroxyl groups excluding tert-OH is 1. The van der Waals surface area contributed by atoms with Gasteiger partial charge in [-0.15, -0.1) is 0 Å². The first kappa shape index (κ1) is 31.4. The van der Waals surface area contributed by atoms with Crippen molar-refractivity contribution in [3.63, 3.8) is 0 Å². The number of ether oxygens (including phenoxy) is 2. The Bertz CT molecular complexity index is 1180. The van der Waals surface area contributed by atoms with E-state index in [4.69, 9.17) is 9.47 Å². The van der Waals surface area contributed by atoms with Crippen LogP contribution in [-0.4, -0.2) is 58.8 Å². The number of ketones is 2. The van der Waals surface area contributed by atoms with E-state index in [0.29, 0.717) is 6.42 Å². The molecule has 41 heavy (non-hydrogen) atoms. The molecule has 0 bridgehead atoms. The number of allylic oxidation sites excluding steroid dienone is 4. The highest BCUT2D eigenvalue weighted by molar-refractivity contribution is 6.04. The standard InChI is InChI=1S/C31H41F3O7/c1-6-8-9-10-25(39)40-16-23(37)31(41-24(38)7-2)17(3)13-18-19-14-20(32)26-27(33)21(35)11-12-28(26,4)30(19,34)22(36)15-29(18,31)5/h11-12,17-20,22,36H,6-10,13-16H2,1-5H3/t17?,18-,19-,20?,22?,28-,29-,30-,31-/m0/s1. The largest absolute Gasteiger partial charge is 0.457 e. The third-order valence-electron chi connectivity index (χ3n) is 10.6. The molecule has 0 amide bonds. The van der Waals surface area contributed by atoms with Crippen LogP contribution in [0.2, 0.25) is 0 Å². The lowest BCUT2D eigenvalue weighted by molar-refractivity contribution is -0.232. The van der Waals surface area contributed by atoms with Crippen LogP contribution in [-0.2, 0) is 28.7 Å². The molecule has 4 rings (SSSR count). The highest BCUT2D eigenvalue weighted by Gasteiger charge is 2.78. The molecule has 0 aromatic rings. The number of rotatable bonds is 9. The molecule has 0 spiro atoms. The van der Waals surface area contributed by atoms with Gasteiger partial charge in [0.2, 0.25) is 11.6 Å². The molecule has 228 valence electrons. The molecule has 1 N–H and O–H groups in total. The maximum Gasteiger partial charge on any atom is 0.306 e. The van der Waals surface area contributed by atoms with Gasteiger partial charge in [0.1, 0.15) is 6.17 Å². The Morgan fingerprint density at radius 3 is 2.41 bits per heavy atom. The summed E-state index contributed by atoms with van der Waals surface area (Å²) in [6, 6.07) is 0. The number of unbranched alkanes of at least 4 members (excludes halogenated alkanes) is 2. The van der Waals surface area contributed by atoms with Crippen molar-refractivity contribution in [2.75, 3.05) is 6.61 Å². The fraction of sp³-hybridized carbons (Fsp3) is 0.742. The number of aliphatic hydroxyl groups is 1. The van der Waals surface area contributed by atoms with Crippen LogP contribution in [0.4, 0.5) is 13.2 Å². The Labute approximate surface area is 238 Å². The topological polar surface area (TPSA) is 107 Å². The summed E-state index contributed by atoms with van der Waals surface area (Å²) in [7, 11) is 0. The maximum absolute atomic E-state index is 17.5. The second-order valence-corrected chi connectivity index (χ2v) is 12.7. The summed E-state index contributed by atoms with van der Waals surface area (Å²) in [6.45, 7) is 7.49. The molecule has 4 aliphatic carbocycles. The van der Waals surface area contributed by atoms with E-state index in [1.807, 2.05) is 6.92 Å². The normalized spacial score (nSPS) is 41.4. The van der Waals surface area contributed by atoms with Gasteiger partial charge in [-0.05, 0) is 44.6 Å². The second-order valence-electron chi connectivity index (χ2n) is 12.7. The van der Waals surface area contributed by atoms with Crippen LogP contribution in [0.1, 0.15) is 86.0 Å². The van der Waals surface area contributed by atoms with Crippen LogP contribution in [0.15, 0.2) is 23.6 Å². The molecular weight excluding hydrogens is 541 g/mol. The Balaban J connectivity index is 1.76. The van der Waals surface area contributed by atoms with Crippen molar-refractivity contribution in [3.8, 4) is 0 Å². The molecule has 0 heterocycles. The number of alkyl halides is 2. The minimum absolute atomic E-state index is 0.0603. The summed E-state index contributed by atoms with van der Waals surface area (Å²) >= 11 is 0. The molecule has 4 aliphatic rings. The van der Waals surface area contributed by atoms with Crippen LogP contribution in [0.5, 0.6) is 0 Å². The highest BCUT2D eigenvalue weighted by Crippen LogP contribution is 2.72. The Morgan fingerprint density at radius 1 is 1.10 bits per heavy atom. The Hall–Kier alpha value is -2.49. The summed E-state index contributed by atoms with van der Waals surface area (Å²) in [5.41, 5.74) is -8.34. The third kappa shape index (κ3) is 4.41. The van der Waals surface area contributed by atoms with Gasteiger partial charge in [0.05, 0.1) is 6.10 Å². The highest BCUT2D eigenvalue weighted by atomic mass is 19.2. The zero-order valence-electron chi connectivity index (χ0n) is 24.4. The first-order valence-electron chi connectivity index (χ1n) is 14.7. The van der Waals surface area contributed by atoms with E-state index in [2.05, 4.69) is 0 Å². The molecule has 7 nitrogen and oxygen atoms in total. The SMILES string of the molecule is CCCCCC(=O)OCC(=O)[C@@]1(OC(=O)CC)C(C)C[C@H]2[C@@H]3CC(F)C4=C(F)C(=O)C=C[C@]4(C)[C@@]3(F)C(O)C[C@@]21C. The minimum atomic E-state index is -2.57. The van der Waals surface area contributed by atoms with Crippen LogP contribution >= 0.6 is 0 Å². The molecule has 3 saturated carbocycles. The van der Waals surface area contributed by atoms with Crippen molar-refractivity contribution in [1.82, 2.24) is 0 Å². The van der Waals surface area contributed by atoms with E-state index in [-0.39, 0.29) is 25.7 Å². The van der Waals surface area contributed by atoms with Crippen molar-refractivity contribution < 1.29 is 46.9 Å². The van der Waals surface area contributed by atoms with E-state index >= 15 is 8.78 Å². The molecule has 0 radical (unpaired) electrons. The molecule has 3 unspecified atom stereocenters. The number of esters is 2. The Kier molecular flexibility index (Phi) is 8.41. The van der Waals surface area contributed by atoms with Gasteiger partial charge in [-0.3, -0.25) is 19.2 Å². The summed E-state index contributed by atoms with van der Waals surface area (Å²) in [5, 5.41) is 11.6. The van der Waals surface area contributed by atoms with E-state index in [0.717, 1.165) is 25.0 Å². The first-order valence-corrected chi connectivity index (χ1v) is 14.7. The molecule has 0 saturated heterocycles. The number of hydrogen-bond acceptors (Lipinski definition) is 7. The molecule has 10 heteroatoms. The number of Topliss-reactive ketones (excluding diaryl/α,β-unsaturated/α-hetero) is 1. The number of halogens is 3. The zero-order chi connectivity index (χ0) is 30.5. The summed E-state index contributed by atoms with van der Waals surface area (Å²) in [4.78, 5) is 51.1.